The van der Waals surface area contributed by atoms with Gasteiger partial charge in [0.1, 0.15) is 5.71 Å². The average molecular weight is 598 g/mol. The van der Waals surface area contributed by atoms with Gasteiger partial charge in [0, 0.05) is 48.2 Å². The van der Waals surface area contributed by atoms with Gasteiger partial charge >= 0.3 is 5.97 Å². The molecule has 3 aromatic carbocycles. The number of morpholine rings is 1. The summed E-state index contributed by atoms with van der Waals surface area (Å²) in [6.07, 6.45) is 4.36. The second-order valence-corrected chi connectivity index (χ2v) is 11.5. The van der Waals surface area contributed by atoms with Crippen LogP contribution in [0.4, 0.5) is 17.1 Å². The molecule has 8 heteroatoms. The Morgan fingerprint density at radius 2 is 1.39 bits per heavy atom. The minimum absolute atomic E-state index is 0.0704. The number of Topliss-reactive ketones (excluding diaryl/α,β-unsaturated/α-hetero) is 2. The van der Waals surface area contributed by atoms with E-state index < -0.39 is 11.5 Å². The van der Waals surface area contributed by atoms with E-state index in [0.29, 0.717) is 30.8 Å². The van der Waals surface area contributed by atoms with E-state index in [-0.39, 0.29) is 17.3 Å². The van der Waals surface area contributed by atoms with E-state index in [1.807, 2.05) is 80.6 Å². The van der Waals surface area contributed by atoms with Crippen LogP contribution in [0.5, 0.6) is 0 Å². The predicted octanol–water partition coefficient (Wildman–Crippen LogP) is 7.52. The van der Waals surface area contributed by atoms with Crippen LogP contribution in [-0.2, 0) is 14.4 Å². The Morgan fingerprint density at radius 1 is 0.818 bits per heavy atom. The van der Waals surface area contributed by atoms with Gasteiger partial charge in [-0.05, 0) is 87.4 Å². The van der Waals surface area contributed by atoms with E-state index in [9.17, 15) is 14.4 Å². The third-order valence-electron chi connectivity index (χ3n) is 7.96. The van der Waals surface area contributed by atoms with Crippen LogP contribution >= 0.6 is 0 Å². The molecule has 0 bridgehead atoms. The molecule has 0 atom stereocenters. The Balaban J connectivity index is 1.59. The number of para-hydroxylation sites is 1. The summed E-state index contributed by atoms with van der Waals surface area (Å²) in [4.78, 5) is 47.4. The smallest absolute Gasteiger partial charge is 0.331 e. The fraction of sp³-hybridized carbons (Fsp3) is 0.389. The van der Waals surface area contributed by atoms with Gasteiger partial charge in [0.15, 0.2) is 5.78 Å². The van der Waals surface area contributed by atoms with E-state index in [1.165, 1.54) is 6.92 Å². The van der Waals surface area contributed by atoms with Crippen LogP contribution in [-0.4, -0.2) is 60.0 Å². The maximum absolute atomic E-state index is 13.6. The molecule has 0 unspecified atom stereocenters. The summed E-state index contributed by atoms with van der Waals surface area (Å²) in [7, 11) is 0. The molecule has 0 saturated carbocycles. The van der Waals surface area contributed by atoms with Crippen LogP contribution < -0.4 is 4.90 Å². The van der Waals surface area contributed by atoms with Gasteiger partial charge in [0.25, 0.3) is 0 Å². The number of ketones is 2. The zero-order valence-electron chi connectivity index (χ0n) is 26.3. The zero-order valence-corrected chi connectivity index (χ0v) is 26.3. The highest BCUT2D eigenvalue weighted by molar-refractivity contribution is 6.45. The summed E-state index contributed by atoms with van der Waals surface area (Å²) in [5.74, 6) is -0.748. The van der Waals surface area contributed by atoms with Crippen LogP contribution in [0.3, 0.4) is 0 Å². The number of anilines is 3. The van der Waals surface area contributed by atoms with Crippen LogP contribution in [0.2, 0.25) is 0 Å². The molecular formula is C36H43N3O5. The number of carbonyl (C=O) groups is 3. The van der Waals surface area contributed by atoms with Crippen molar-refractivity contribution in [2.75, 3.05) is 31.2 Å². The highest BCUT2D eigenvalue weighted by Crippen LogP contribution is 2.35. The van der Waals surface area contributed by atoms with Crippen LogP contribution in [0.25, 0.3) is 0 Å². The fourth-order valence-electron chi connectivity index (χ4n) is 5.37. The monoisotopic (exact) mass is 597 g/mol. The van der Waals surface area contributed by atoms with Crippen molar-refractivity contribution in [2.24, 2.45) is 5.16 Å². The van der Waals surface area contributed by atoms with Crippen molar-refractivity contribution in [3.8, 4) is 0 Å². The first-order valence-corrected chi connectivity index (χ1v) is 15.4. The van der Waals surface area contributed by atoms with Crippen molar-refractivity contribution in [3.05, 3.63) is 90.0 Å². The lowest BCUT2D eigenvalue weighted by molar-refractivity contribution is -0.140. The Labute approximate surface area is 260 Å². The van der Waals surface area contributed by atoms with Gasteiger partial charge in [-0.15, -0.1) is 0 Å². The summed E-state index contributed by atoms with van der Waals surface area (Å²) < 4.78 is 5.48. The topological polar surface area (TPSA) is 88.5 Å². The molecule has 232 valence electrons. The summed E-state index contributed by atoms with van der Waals surface area (Å²) in [6, 6.07) is 24.9. The van der Waals surface area contributed by atoms with Gasteiger partial charge in [-0.1, -0.05) is 49.5 Å². The average Bonchev–Trinajstić information content (AvgIpc) is 3.05. The SMILES string of the molecule is CCCCCC/C(=N\OC(C)=O)C(=O)c1ccc(N(c2ccccc2)c2ccc(C(=O)C(C)(C)N3CCOCC3)cc2)cc1. The van der Waals surface area contributed by atoms with Crippen LogP contribution in [0, 0.1) is 0 Å². The molecular weight excluding hydrogens is 554 g/mol. The van der Waals surface area contributed by atoms with Gasteiger partial charge in [-0.3, -0.25) is 14.5 Å². The first kappa shape index (κ1) is 32.8. The number of unbranched alkanes of at least 4 members (excludes halogenated alkanes) is 3. The second-order valence-electron chi connectivity index (χ2n) is 11.5. The third-order valence-corrected chi connectivity index (χ3v) is 7.96. The molecule has 1 aliphatic heterocycles. The van der Waals surface area contributed by atoms with E-state index in [1.54, 1.807) is 12.1 Å². The van der Waals surface area contributed by atoms with Crippen molar-refractivity contribution in [1.82, 2.24) is 4.90 Å². The van der Waals surface area contributed by atoms with Crippen LogP contribution in [0.1, 0.15) is 80.5 Å². The van der Waals surface area contributed by atoms with Crippen molar-refractivity contribution >= 4 is 40.3 Å². The molecule has 8 nitrogen and oxygen atoms in total. The normalized spacial score (nSPS) is 14.2. The van der Waals surface area contributed by atoms with Crippen molar-refractivity contribution < 1.29 is 24.0 Å². The zero-order chi connectivity index (χ0) is 31.5. The van der Waals surface area contributed by atoms with Crippen molar-refractivity contribution in [1.29, 1.82) is 0 Å². The van der Waals surface area contributed by atoms with E-state index >= 15 is 0 Å². The molecule has 0 aliphatic carbocycles. The van der Waals surface area contributed by atoms with E-state index in [0.717, 1.165) is 55.8 Å². The van der Waals surface area contributed by atoms with Gasteiger partial charge in [0.05, 0.1) is 18.8 Å². The Kier molecular flexibility index (Phi) is 11.6. The van der Waals surface area contributed by atoms with Crippen molar-refractivity contribution in [3.63, 3.8) is 0 Å². The maximum atomic E-state index is 13.6. The molecule has 0 N–H and O–H groups in total. The molecule has 0 radical (unpaired) electrons. The number of benzene rings is 3. The van der Waals surface area contributed by atoms with Gasteiger partial charge in [-0.25, -0.2) is 4.79 Å². The van der Waals surface area contributed by atoms with Crippen molar-refractivity contribution in [2.45, 2.75) is 65.3 Å². The number of hydrogen-bond acceptors (Lipinski definition) is 8. The second kappa shape index (κ2) is 15.5. The molecule has 1 heterocycles. The standard InChI is InChI=1S/C36H43N3O5/c1-5-6-7-11-14-33(37-44-27(2)40)34(41)28-15-19-31(20-16-28)39(30-12-9-8-10-13-30)32-21-17-29(18-22-32)35(42)36(3,4)38-23-25-43-26-24-38/h8-10,12-13,15-22H,5-7,11,14,23-26H2,1-4H3/b37-33+. The number of oxime groups is 1. The fourth-order valence-corrected chi connectivity index (χ4v) is 5.37. The minimum atomic E-state index is -0.638. The summed E-state index contributed by atoms with van der Waals surface area (Å²) in [5.41, 5.74) is 3.38. The molecule has 4 rings (SSSR count). The van der Waals surface area contributed by atoms with Gasteiger partial charge < -0.3 is 14.5 Å². The number of carbonyl (C=O) groups excluding carboxylic acids is 3. The summed E-state index contributed by atoms with van der Waals surface area (Å²) in [6.45, 7) is 10.1. The number of hydrogen-bond donors (Lipinski definition) is 0. The molecule has 1 fully saturated rings. The van der Waals surface area contributed by atoms with Crippen LogP contribution in [0.15, 0.2) is 84.0 Å². The number of rotatable bonds is 14. The molecule has 0 amide bonds. The quantitative estimate of drug-likeness (QED) is 0.0624. The Bertz CT molecular complexity index is 1430. The molecule has 1 aliphatic rings. The first-order valence-electron chi connectivity index (χ1n) is 15.4. The highest BCUT2D eigenvalue weighted by atomic mass is 16.7. The van der Waals surface area contributed by atoms with Gasteiger partial charge in [0.2, 0.25) is 5.78 Å². The predicted molar refractivity (Wildman–Crippen MR) is 174 cm³/mol. The number of ether oxygens (including phenoxy) is 1. The molecule has 3 aromatic rings. The summed E-state index contributed by atoms with van der Waals surface area (Å²) in [5, 5.41) is 3.89. The lowest BCUT2D eigenvalue weighted by Gasteiger charge is -2.39. The Hall–Kier alpha value is -4.14. The van der Waals surface area contributed by atoms with E-state index in [4.69, 9.17) is 9.57 Å². The lowest BCUT2D eigenvalue weighted by atomic mass is 9.90. The molecule has 44 heavy (non-hydrogen) atoms. The molecule has 1 saturated heterocycles. The largest absolute Gasteiger partial charge is 0.379 e. The Morgan fingerprint density at radius 3 is 1.95 bits per heavy atom. The molecule has 0 spiro atoms. The van der Waals surface area contributed by atoms with Gasteiger partial charge in [-0.2, -0.15) is 0 Å². The lowest BCUT2D eigenvalue weighted by Crippen LogP contribution is -2.54. The molecule has 0 aromatic heterocycles. The van der Waals surface area contributed by atoms with E-state index in [2.05, 4.69) is 21.9 Å². The first-order chi connectivity index (χ1) is 21.2. The summed E-state index contributed by atoms with van der Waals surface area (Å²) >= 11 is 0. The maximum Gasteiger partial charge on any atom is 0.331 e. The highest BCUT2D eigenvalue weighted by Gasteiger charge is 2.36. The third kappa shape index (κ3) is 8.27. The number of nitrogens with zero attached hydrogens (tertiary/aromatic N) is 3. The minimum Gasteiger partial charge on any atom is -0.379 e.